The zero-order valence-corrected chi connectivity index (χ0v) is 14.6. The number of Topliss-reactive ketones (excluding diaryl/α,β-unsaturated/α-hetero) is 1. The molecular weight excluding hydrogens is 312 g/mol. The van der Waals surface area contributed by atoms with Crippen molar-refractivity contribution in [1.29, 1.82) is 0 Å². The summed E-state index contributed by atoms with van der Waals surface area (Å²) in [7, 11) is 2.05. The second-order valence-electron chi connectivity index (χ2n) is 7.10. The van der Waals surface area contributed by atoms with Crippen LogP contribution in [0, 0.1) is 5.41 Å². The molecule has 0 radical (unpaired) electrons. The fourth-order valence-corrected chi connectivity index (χ4v) is 4.77. The minimum atomic E-state index is -0.258. The highest BCUT2D eigenvalue weighted by Gasteiger charge is 2.41. The fraction of sp³-hybridized carbons (Fsp3) is 0.647. The van der Waals surface area contributed by atoms with Crippen molar-refractivity contribution in [1.82, 2.24) is 9.80 Å². The van der Waals surface area contributed by atoms with Gasteiger partial charge in [0.15, 0.2) is 5.78 Å². The van der Waals surface area contributed by atoms with E-state index in [1.54, 1.807) is 11.4 Å². The minimum absolute atomic E-state index is 0.00544. The summed E-state index contributed by atoms with van der Waals surface area (Å²) in [5, 5.41) is 11.8. The van der Waals surface area contributed by atoms with E-state index >= 15 is 0 Å². The number of aliphatic hydroxyl groups is 1. The SMILES string of the molecule is CC(=O)c1cc(C(=O)N2CCC3(CC2)CC(O)CN(C)C3)cs1. The number of hydrogen-bond donors (Lipinski definition) is 1. The van der Waals surface area contributed by atoms with Gasteiger partial charge in [-0.3, -0.25) is 9.59 Å². The van der Waals surface area contributed by atoms with Crippen molar-refractivity contribution in [3.63, 3.8) is 0 Å². The van der Waals surface area contributed by atoms with Gasteiger partial charge in [0, 0.05) is 31.6 Å². The highest BCUT2D eigenvalue weighted by molar-refractivity contribution is 7.12. The van der Waals surface area contributed by atoms with Crippen molar-refractivity contribution < 1.29 is 14.7 Å². The molecule has 3 rings (SSSR count). The third-order valence-electron chi connectivity index (χ3n) is 5.10. The number of hydrogen-bond acceptors (Lipinski definition) is 5. The molecule has 0 saturated carbocycles. The lowest BCUT2D eigenvalue weighted by molar-refractivity contribution is -0.0286. The Kier molecular flexibility index (Phi) is 4.58. The summed E-state index contributed by atoms with van der Waals surface area (Å²) >= 11 is 1.34. The Hall–Kier alpha value is -1.24. The number of piperidine rings is 2. The molecule has 1 N–H and O–H groups in total. The number of likely N-dealkylation sites (tertiary alicyclic amines) is 2. The molecular formula is C17H24N2O3S. The van der Waals surface area contributed by atoms with Gasteiger partial charge in [0.2, 0.25) is 0 Å². The predicted octanol–water partition coefficient (Wildman–Crippen LogP) is 1.87. The lowest BCUT2D eigenvalue weighted by atomic mass is 9.71. The van der Waals surface area contributed by atoms with Gasteiger partial charge in [-0.05, 0) is 44.7 Å². The van der Waals surface area contributed by atoms with Gasteiger partial charge in [-0.1, -0.05) is 0 Å². The van der Waals surface area contributed by atoms with Crippen LogP contribution < -0.4 is 0 Å². The van der Waals surface area contributed by atoms with E-state index in [4.69, 9.17) is 0 Å². The quantitative estimate of drug-likeness (QED) is 0.838. The average Bonchev–Trinajstić information content (AvgIpc) is 2.96. The van der Waals surface area contributed by atoms with Crippen LogP contribution in [0.2, 0.25) is 0 Å². The highest BCUT2D eigenvalue weighted by Crippen LogP contribution is 2.39. The maximum absolute atomic E-state index is 12.6. The largest absolute Gasteiger partial charge is 0.392 e. The first-order chi connectivity index (χ1) is 10.9. The number of β-amino-alcohol motifs (C(OH)–C–C–N with tert-alkyl or cyclic N) is 1. The molecule has 23 heavy (non-hydrogen) atoms. The maximum Gasteiger partial charge on any atom is 0.254 e. The first-order valence-electron chi connectivity index (χ1n) is 8.14. The van der Waals surface area contributed by atoms with Gasteiger partial charge < -0.3 is 14.9 Å². The van der Waals surface area contributed by atoms with E-state index in [9.17, 15) is 14.7 Å². The summed E-state index contributed by atoms with van der Waals surface area (Å²) in [6.45, 7) is 4.72. The Labute approximate surface area is 140 Å². The molecule has 0 bridgehead atoms. The van der Waals surface area contributed by atoms with E-state index in [0.29, 0.717) is 10.4 Å². The molecule has 2 saturated heterocycles. The van der Waals surface area contributed by atoms with Crippen molar-refractivity contribution in [2.24, 2.45) is 5.41 Å². The molecule has 5 nitrogen and oxygen atoms in total. The van der Waals surface area contributed by atoms with Crippen molar-refractivity contribution in [3.8, 4) is 0 Å². The zero-order valence-electron chi connectivity index (χ0n) is 13.7. The molecule has 2 aliphatic rings. The van der Waals surface area contributed by atoms with Crippen molar-refractivity contribution in [2.45, 2.75) is 32.3 Å². The van der Waals surface area contributed by atoms with E-state index in [2.05, 4.69) is 11.9 Å². The highest BCUT2D eigenvalue weighted by atomic mass is 32.1. The Morgan fingerprint density at radius 2 is 2.04 bits per heavy atom. The Morgan fingerprint density at radius 1 is 1.35 bits per heavy atom. The molecule has 6 heteroatoms. The number of likely N-dealkylation sites (N-methyl/N-ethyl adjacent to an activating group) is 1. The van der Waals surface area contributed by atoms with Gasteiger partial charge >= 0.3 is 0 Å². The molecule has 1 spiro atoms. The van der Waals surface area contributed by atoms with Gasteiger partial charge in [-0.25, -0.2) is 0 Å². The second-order valence-corrected chi connectivity index (χ2v) is 8.01. The van der Waals surface area contributed by atoms with E-state index in [1.165, 1.54) is 18.3 Å². The molecule has 2 fully saturated rings. The summed E-state index contributed by atoms with van der Waals surface area (Å²) in [6, 6.07) is 1.71. The first kappa shape index (κ1) is 16.6. The monoisotopic (exact) mass is 336 g/mol. The number of thiophene rings is 1. The lowest BCUT2D eigenvalue weighted by Crippen LogP contribution is -2.53. The van der Waals surface area contributed by atoms with Crippen LogP contribution in [0.4, 0.5) is 0 Å². The Bertz CT molecular complexity index is 593. The number of carbonyl (C=O) groups is 2. The molecule has 0 aliphatic carbocycles. The molecule has 3 heterocycles. The summed E-state index contributed by atoms with van der Waals surface area (Å²) < 4.78 is 0. The maximum atomic E-state index is 12.6. The minimum Gasteiger partial charge on any atom is -0.392 e. The van der Waals surface area contributed by atoms with E-state index in [1.807, 2.05) is 4.90 Å². The number of carbonyl (C=O) groups excluding carboxylic acids is 2. The molecule has 1 atom stereocenters. The van der Waals surface area contributed by atoms with Crippen LogP contribution in [0.15, 0.2) is 11.4 Å². The number of aliphatic hydroxyl groups excluding tert-OH is 1. The van der Waals surface area contributed by atoms with Crippen LogP contribution in [-0.4, -0.2) is 65.9 Å². The van der Waals surface area contributed by atoms with Gasteiger partial charge in [0.1, 0.15) is 0 Å². The van der Waals surface area contributed by atoms with Crippen LogP contribution in [0.25, 0.3) is 0 Å². The van der Waals surface area contributed by atoms with Crippen LogP contribution in [-0.2, 0) is 0 Å². The van der Waals surface area contributed by atoms with Crippen LogP contribution in [0.3, 0.4) is 0 Å². The van der Waals surface area contributed by atoms with Crippen LogP contribution in [0.5, 0.6) is 0 Å². The Balaban J connectivity index is 1.64. The van der Waals surface area contributed by atoms with Crippen molar-refractivity contribution in [3.05, 3.63) is 21.9 Å². The molecule has 126 valence electrons. The van der Waals surface area contributed by atoms with Crippen molar-refractivity contribution in [2.75, 3.05) is 33.2 Å². The Morgan fingerprint density at radius 3 is 2.61 bits per heavy atom. The van der Waals surface area contributed by atoms with E-state index in [-0.39, 0.29) is 23.2 Å². The van der Waals surface area contributed by atoms with Crippen LogP contribution in [0.1, 0.15) is 46.2 Å². The summed E-state index contributed by atoms with van der Waals surface area (Å²) in [6.07, 6.45) is 2.45. The lowest BCUT2D eigenvalue weighted by Gasteiger charge is -2.48. The zero-order chi connectivity index (χ0) is 16.6. The van der Waals surface area contributed by atoms with Gasteiger partial charge in [0.25, 0.3) is 5.91 Å². The molecule has 0 aromatic carbocycles. The second kappa shape index (κ2) is 6.34. The summed E-state index contributed by atoms with van der Waals surface area (Å²) in [5.41, 5.74) is 0.763. The van der Waals surface area contributed by atoms with Crippen LogP contribution >= 0.6 is 11.3 Å². The van der Waals surface area contributed by atoms with E-state index in [0.717, 1.165) is 45.4 Å². The fourth-order valence-electron chi connectivity index (χ4n) is 3.99. The molecule has 1 unspecified atom stereocenters. The predicted molar refractivity (Wildman–Crippen MR) is 90.0 cm³/mol. The summed E-state index contributed by atoms with van der Waals surface area (Å²) in [4.78, 5) is 28.7. The van der Waals surface area contributed by atoms with Crippen molar-refractivity contribution >= 4 is 23.0 Å². The molecule has 1 aromatic heterocycles. The topological polar surface area (TPSA) is 60.9 Å². The third-order valence-corrected chi connectivity index (χ3v) is 6.13. The van der Waals surface area contributed by atoms with Gasteiger partial charge in [0.05, 0.1) is 16.5 Å². The number of rotatable bonds is 2. The smallest absolute Gasteiger partial charge is 0.254 e. The number of amides is 1. The molecule has 1 amide bonds. The standard InChI is InChI=1S/C17H24N2O3S/c1-12(20)15-7-13(10-23-15)16(22)19-5-3-17(4-6-19)8-14(21)9-18(2)11-17/h7,10,14,21H,3-6,8-9,11H2,1-2H3. The van der Waals surface area contributed by atoms with Gasteiger partial charge in [-0.15, -0.1) is 11.3 Å². The molecule has 1 aromatic rings. The average molecular weight is 336 g/mol. The molecule has 2 aliphatic heterocycles. The first-order valence-corrected chi connectivity index (χ1v) is 9.02. The number of ketones is 1. The third kappa shape index (κ3) is 3.49. The number of nitrogens with zero attached hydrogens (tertiary/aromatic N) is 2. The normalized spacial score (nSPS) is 24.8. The van der Waals surface area contributed by atoms with Gasteiger partial charge in [-0.2, -0.15) is 0 Å². The van der Waals surface area contributed by atoms with E-state index < -0.39 is 0 Å². The summed E-state index contributed by atoms with van der Waals surface area (Å²) in [5.74, 6) is 0.0270.